The van der Waals surface area contributed by atoms with Crippen molar-refractivity contribution in [2.24, 2.45) is 16.6 Å². The average Bonchev–Trinajstić information content (AvgIpc) is 2.64. The van der Waals surface area contributed by atoms with Crippen LogP contribution in [0.25, 0.3) is 0 Å². The Kier molecular flexibility index (Phi) is 11.4. The zero-order valence-electron chi connectivity index (χ0n) is 17.5. The fourth-order valence-corrected chi connectivity index (χ4v) is 3.53. The van der Waals surface area contributed by atoms with Crippen molar-refractivity contribution in [1.29, 1.82) is 0 Å². The summed E-state index contributed by atoms with van der Waals surface area (Å²) < 4.78 is 0. The molecule has 1 heterocycles. The number of guanidine groups is 1. The number of primary amides is 1. The van der Waals surface area contributed by atoms with E-state index in [0.29, 0.717) is 6.54 Å². The second-order valence-electron chi connectivity index (χ2n) is 7.45. The molecule has 6 nitrogen and oxygen atoms in total. The van der Waals surface area contributed by atoms with Gasteiger partial charge in [-0.1, -0.05) is 23.8 Å². The Balaban J connectivity index is 0.00000392. The van der Waals surface area contributed by atoms with Crippen molar-refractivity contribution in [3.63, 3.8) is 0 Å². The molecule has 158 valence electrons. The van der Waals surface area contributed by atoms with Gasteiger partial charge in [-0.05, 0) is 64.3 Å². The van der Waals surface area contributed by atoms with E-state index in [-0.39, 0.29) is 35.8 Å². The molecule has 1 atom stereocenters. The van der Waals surface area contributed by atoms with Crippen LogP contribution >= 0.6 is 24.0 Å². The zero-order chi connectivity index (χ0) is 19.6. The highest BCUT2D eigenvalue weighted by molar-refractivity contribution is 14.0. The van der Waals surface area contributed by atoms with Gasteiger partial charge in [-0.3, -0.25) is 4.79 Å². The van der Waals surface area contributed by atoms with Gasteiger partial charge in [0.15, 0.2) is 5.96 Å². The van der Waals surface area contributed by atoms with Gasteiger partial charge < -0.3 is 21.3 Å². The van der Waals surface area contributed by atoms with E-state index in [1.165, 1.54) is 16.7 Å². The molecular weight excluding hydrogens is 465 g/mol. The molecule has 1 unspecified atom stereocenters. The number of carbonyl (C=O) groups is 1. The number of nitrogens with one attached hydrogen (secondary N) is 2. The van der Waals surface area contributed by atoms with Gasteiger partial charge in [-0.25, -0.2) is 4.99 Å². The van der Waals surface area contributed by atoms with Crippen LogP contribution in [-0.4, -0.2) is 49.5 Å². The van der Waals surface area contributed by atoms with E-state index in [1.54, 1.807) is 0 Å². The topological polar surface area (TPSA) is 82.8 Å². The van der Waals surface area contributed by atoms with Crippen molar-refractivity contribution >= 4 is 35.8 Å². The van der Waals surface area contributed by atoms with E-state index >= 15 is 0 Å². The molecule has 1 aliphatic heterocycles. The number of nitrogens with two attached hydrogens (primary N) is 1. The number of rotatable bonds is 8. The molecule has 1 aromatic carbocycles. The van der Waals surface area contributed by atoms with Gasteiger partial charge in [0.25, 0.3) is 0 Å². The van der Waals surface area contributed by atoms with E-state index in [9.17, 15) is 4.79 Å². The number of benzene rings is 1. The third-order valence-corrected chi connectivity index (χ3v) is 5.10. The molecule has 0 saturated carbocycles. The number of amides is 1. The van der Waals surface area contributed by atoms with E-state index in [1.807, 2.05) is 0 Å². The first-order chi connectivity index (χ1) is 13.0. The highest BCUT2D eigenvalue weighted by Crippen LogP contribution is 2.16. The molecular formula is C21H36IN5O. The number of halogens is 1. The van der Waals surface area contributed by atoms with Crippen molar-refractivity contribution in [3.05, 3.63) is 34.9 Å². The molecule has 1 fully saturated rings. The smallest absolute Gasteiger partial charge is 0.221 e. The van der Waals surface area contributed by atoms with Crippen LogP contribution in [0.5, 0.6) is 0 Å². The van der Waals surface area contributed by atoms with Crippen molar-refractivity contribution in [2.75, 3.05) is 32.7 Å². The first kappa shape index (κ1) is 24.7. The number of aryl methyl sites for hydroxylation is 2. The number of likely N-dealkylation sites (tertiary alicyclic amines) is 1. The SMILES string of the molecule is CCNC(=NCc1ccc(C)cc1C)NCCCN1CCCC(C(N)=O)C1.I. The summed E-state index contributed by atoms with van der Waals surface area (Å²) in [5.74, 6) is 0.709. The molecule has 2 rings (SSSR count). The lowest BCUT2D eigenvalue weighted by atomic mass is 9.97. The fourth-order valence-electron chi connectivity index (χ4n) is 3.53. The van der Waals surface area contributed by atoms with E-state index in [4.69, 9.17) is 10.7 Å². The first-order valence-corrected chi connectivity index (χ1v) is 10.1. The van der Waals surface area contributed by atoms with Crippen molar-refractivity contribution in [1.82, 2.24) is 15.5 Å². The molecule has 7 heteroatoms. The number of nitrogens with zero attached hydrogens (tertiary/aromatic N) is 2. The normalized spacial score (nSPS) is 17.7. The molecule has 0 spiro atoms. The van der Waals surface area contributed by atoms with E-state index < -0.39 is 0 Å². The molecule has 28 heavy (non-hydrogen) atoms. The minimum Gasteiger partial charge on any atom is -0.369 e. The summed E-state index contributed by atoms with van der Waals surface area (Å²) in [6, 6.07) is 6.49. The van der Waals surface area contributed by atoms with Gasteiger partial charge in [0.1, 0.15) is 0 Å². The minimum atomic E-state index is -0.161. The van der Waals surface area contributed by atoms with Crippen LogP contribution in [-0.2, 0) is 11.3 Å². The molecule has 1 saturated heterocycles. The third kappa shape index (κ3) is 8.34. The Morgan fingerprint density at radius 2 is 2.11 bits per heavy atom. The lowest BCUT2D eigenvalue weighted by Crippen LogP contribution is -2.43. The zero-order valence-corrected chi connectivity index (χ0v) is 19.8. The average molecular weight is 501 g/mol. The van der Waals surface area contributed by atoms with Crippen LogP contribution in [0, 0.1) is 19.8 Å². The number of carbonyl (C=O) groups excluding carboxylic acids is 1. The van der Waals surface area contributed by atoms with Crippen molar-refractivity contribution in [3.8, 4) is 0 Å². The molecule has 1 aromatic rings. The van der Waals surface area contributed by atoms with Crippen molar-refractivity contribution < 1.29 is 4.79 Å². The molecule has 0 aromatic heterocycles. The Hall–Kier alpha value is -1.35. The summed E-state index contributed by atoms with van der Waals surface area (Å²) in [5, 5.41) is 6.72. The first-order valence-electron chi connectivity index (χ1n) is 10.1. The second-order valence-corrected chi connectivity index (χ2v) is 7.45. The highest BCUT2D eigenvalue weighted by atomic mass is 127. The third-order valence-electron chi connectivity index (χ3n) is 5.10. The van der Waals surface area contributed by atoms with Crippen LogP contribution in [0.2, 0.25) is 0 Å². The van der Waals surface area contributed by atoms with E-state index in [0.717, 1.165) is 57.9 Å². The van der Waals surface area contributed by atoms with Crippen LogP contribution < -0.4 is 16.4 Å². The maximum atomic E-state index is 11.4. The van der Waals surface area contributed by atoms with Crippen LogP contribution in [0.15, 0.2) is 23.2 Å². The predicted octanol–water partition coefficient (Wildman–Crippen LogP) is 2.56. The van der Waals surface area contributed by atoms with Gasteiger partial charge >= 0.3 is 0 Å². The van der Waals surface area contributed by atoms with Gasteiger partial charge in [0.05, 0.1) is 12.5 Å². The summed E-state index contributed by atoms with van der Waals surface area (Å²) in [6.07, 6.45) is 3.00. The van der Waals surface area contributed by atoms with Gasteiger partial charge in [-0.2, -0.15) is 0 Å². The monoisotopic (exact) mass is 501 g/mol. The minimum absolute atomic E-state index is 0. The summed E-state index contributed by atoms with van der Waals surface area (Å²) in [5.41, 5.74) is 9.27. The maximum Gasteiger partial charge on any atom is 0.221 e. The fraction of sp³-hybridized carbons (Fsp3) is 0.619. The highest BCUT2D eigenvalue weighted by Gasteiger charge is 2.23. The van der Waals surface area contributed by atoms with Crippen LogP contribution in [0.3, 0.4) is 0 Å². The largest absolute Gasteiger partial charge is 0.369 e. The van der Waals surface area contributed by atoms with Crippen LogP contribution in [0.1, 0.15) is 42.9 Å². The standard InChI is InChI=1S/C21H35N5O.HI/c1-4-23-21(25-14-18-9-8-16(2)13-17(18)3)24-10-6-12-26-11-5-7-19(15-26)20(22)27;/h8-9,13,19H,4-7,10-12,14-15H2,1-3H3,(H2,22,27)(H2,23,24,25);1H. The quantitative estimate of drug-likeness (QED) is 0.221. The Morgan fingerprint density at radius 3 is 2.79 bits per heavy atom. The lowest BCUT2D eigenvalue weighted by Gasteiger charge is -2.31. The summed E-state index contributed by atoms with van der Waals surface area (Å²) in [6.45, 7) is 11.5. The number of piperidine rings is 1. The Labute approximate surface area is 186 Å². The summed E-state index contributed by atoms with van der Waals surface area (Å²) in [7, 11) is 0. The maximum absolute atomic E-state index is 11.4. The van der Waals surface area contributed by atoms with Gasteiger partial charge in [0, 0.05) is 19.6 Å². The number of hydrogen-bond donors (Lipinski definition) is 3. The lowest BCUT2D eigenvalue weighted by molar-refractivity contribution is -0.123. The number of aliphatic imine (C=N–C) groups is 1. The molecule has 4 N–H and O–H groups in total. The summed E-state index contributed by atoms with van der Waals surface area (Å²) >= 11 is 0. The molecule has 0 radical (unpaired) electrons. The van der Waals surface area contributed by atoms with Crippen molar-refractivity contribution in [2.45, 2.75) is 46.6 Å². The molecule has 1 aliphatic rings. The molecule has 0 aliphatic carbocycles. The van der Waals surface area contributed by atoms with Crippen LogP contribution in [0.4, 0.5) is 0 Å². The summed E-state index contributed by atoms with van der Waals surface area (Å²) in [4.78, 5) is 18.4. The number of hydrogen-bond acceptors (Lipinski definition) is 3. The Morgan fingerprint density at radius 1 is 1.32 bits per heavy atom. The second kappa shape index (κ2) is 13.0. The molecule has 0 bridgehead atoms. The van der Waals surface area contributed by atoms with Gasteiger partial charge in [0.2, 0.25) is 5.91 Å². The van der Waals surface area contributed by atoms with E-state index in [2.05, 4.69) is 54.5 Å². The molecule has 1 amide bonds. The predicted molar refractivity (Wildman–Crippen MR) is 127 cm³/mol. The Bertz CT molecular complexity index is 650. The van der Waals surface area contributed by atoms with Gasteiger partial charge in [-0.15, -0.1) is 24.0 Å².